The highest BCUT2D eigenvalue weighted by atomic mass is 16.5. The van der Waals surface area contributed by atoms with Gasteiger partial charge in [-0.05, 0) is 31.4 Å². The molecule has 1 heterocycles. The summed E-state index contributed by atoms with van der Waals surface area (Å²) < 4.78 is 5.04. The molecule has 1 unspecified atom stereocenters. The van der Waals surface area contributed by atoms with Crippen molar-refractivity contribution in [3.63, 3.8) is 0 Å². The molecule has 0 bridgehead atoms. The lowest BCUT2D eigenvalue weighted by atomic mass is 10.1. The maximum atomic E-state index is 5.61. The van der Waals surface area contributed by atoms with E-state index in [0.29, 0.717) is 0 Å². The van der Waals surface area contributed by atoms with Crippen LogP contribution in [0.4, 0.5) is 0 Å². The highest BCUT2D eigenvalue weighted by Gasteiger charge is 2.12. The first-order valence-electron chi connectivity index (χ1n) is 6.52. The molecule has 2 rings (SSSR count). The van der Waals surface area contributed by atoms with Crippen LogP contribution in [0.5, 0.6) is 0 Å². The first kappa shape index (κ1) is 13.9. The van der Waals surface area contributed by atoms with E-state index < -0.39 is 0 Å². The molecule has 0 saturated heterocycles. The number of fused-ring (bicyclic) bond motifs is 1. The molecule has 2 aromatic rings. The minimum Gasteiger partial charge on any atom is -0.385 e. The van der Waals surface area contributed by atoms with Crippen molar-refractivity contribution in [3.8, 4) is 0 Å². The number of benzene rings is 1. The van der Waals surface area contributed by atoms with Crippen molar-refractivity contribution < 1.29 is 4.74 Å². The first-order valence-corrected chi connectivity index (χ1v) is 6.52. The molecular weight excluding hydrogens is 240 g/mol. The van der Waals surface area contributed by atoms with Gasteiger partial charge in [-0.15, -0.1) is 0 Å². The molecule has 0 fully saturated rings. The van der Waals surface area contributed by atoms with Crippen LogP contribution in [0.15, 0.2) is 30.5 Å². The monoisotopic (exact) mass is 260 g/mol. The third-order valence-corrected chi connectivity index (χ3v) is 3.12. The van der Waals surface area contributed by atoms with Gasteiger partial charge in [0.15, 0.2) is 0 Å². The van der Waals surface area contributed by atoms with Gasteiger partial charge < -0.3 is 4.74 Å². The number of rotatable bonds is 7. The van der Waals surface area contributed by atoms with Gasteiger partial charge in [0.1, 0.15) is 0 Å². The molecule has 102 valence electrons. The number of hydrogen-bond donors (Lipinski definition) is 2. The molecule has 1 atom stereocenters. The smallest absolute Gasteiger partial charge is 0.0890 e. The lowest BCUT2D eigenvalue weighted by Crippen LogP contribution is -2.28. The average Bonchev–Trinajstić information content (AvgIpc) is 2.47. The average molecular weight is 260 g/mol. The summed E-state index contributed by atoms with van der Waals surface area (Å²) in [6.45, 7) is 0.778. The van der Waals surface area contributed by atoms with Gasteiger partial charge in [-0.3, -0.25) is 16.3 Å². The van der Waals surface area contributed by atoms with Gasteiger partial charge in [-0.1, -0.05) is 12.1 Å². The summed E-state index contributed by atoms with van der Waals surface area (Å²) in [5, 5.41) is 0. The van der Waals surface area contributed by atoms with Crippen LogP contribution in [0.1, 0.15) is 31.0 Å². The number of aromatic nitrogens is 2. The Kier molecular flexibility index (Phi) is 5.20. The summed E-state index contributed by atoms with van der Waals surface area (Å²) in [6, 6.07) is 7.87. The number of unbranched alkanes of at least 4 members (excludes halogenated alkanes) is 1. The van der Waals surface area contributed by atoms with Gasteiger partial charge in [-0.2, -0.15) is 0 Å². The maximum Gasteiger partial charge on any atom is 0.0890 e. The minimum absolute atomic E-state index is 0.0361. The Morgan fingerprint density at radius 2 is 2.05 bits per heavy atom. The lowest BCUT2D eigenvalue weighted by Gasteiger charge is -2.15. The molecular formula is C14H20N4O. The second-order valence-corrected chi connectivity index (χ2v) is 4.49. The summed E-state index contributed by atoms with van der Waals surface area (Å²) in [5.41, 5.74) is 5.51. The van der Waals surface area contributed by atoms with E-state index >= 15 is 0 Å². The molecule has 19 heavy (non-hydrogen) atoms. The number of nitrogens with one attached hydrogen (secondary N) is 1. The number of hydrazine groups is 1. The Bertz CT molecular complexity index is 518. The number of methoxy groups -OCH3 is 1. The Labute approximate surface area is 113 Å². The Hall–Kier alpha value is -1.56. The second-order valence-electron chi connectivity index (χ2n) is 4.49. The van der Waals surface area contributed by atoms with Crippen LogP contribution in [0.2, 0.25) is 0 Å². The highest BCUT2D eigenvalue weighted by molar-refractivity contribution is 5.73. The van der Waals surface area contributed by atoms with Crippen LogP contribution in [0.25, 0.3) is 11.0 Å². The fraction of sp³-hybridized carbons (Fsp3) is 0.429. The zero-order valence-electron chi connectivity index (χ0n) is 11.2. The Morgan fingerprint density at radius 1 is 1.26 bits per heavy atom. The zero-order valence-corrected chi connectivity index (χ0v) is 11.2. The SMILES string of the molecule is COCCCCC(NN)c1cnc2ccccc2n1. The molecule has 0 aliphatic carbocycles. The summed E-state index contributed by atoms with van der Waals surface area (Å²) in [7, 11) is 1.72. The van der Waals surface area contributed by atoms with Crippen molar-refractivity contribution in [2.45, 2.75) is 25.3 Å². The summed E-state index contributed by atoms with van der Waals surface area (Å²) in [5.74, 6) is 5.61. The normalized spacial score (nSPS) is 12.7. The molecule has 0 aliphatic rings. The van der Waals surface area contributed by atoms with Crippen molar-refractivity contribution in [1.82, 2.24) is 15.4 Å². The second kappa shape index (κ2) is 7.13. The van der Waals surface area contributed by atoms with Crippen LogP contribution >= 0.6 is 0 Å². The summed E-state index contributed by atoms with van der Waals surface area (Å²) >= 11 is 0. The third-order valence-electron chi connectivity index (χ3n) is 3.12. The van der Waals surface area contributed by atoms with Crippen LogP contribution in [-0.2, 0) is 4.74 Å². The van der Waals surface area contributed by atoms with E-state index in [1.807, 2.05) is 24.3 Å². The van der Waals surface area contributed by atoms with Crippen LogP contribution in [0.3, 0.4) is 0 Å². The number of hydrogen-bond acceptors (Lipinski definition) is 5. The quantitative estimate of drug-likeness (QED) is 0.452. The van der Waals surface area contributed by atoms with Crippen LogP contribution < -0.4 is 11.3 Å². The Morgan fingerprint density at radius 3 is 2.79 bits per heavy atom. The van der Waals surface area contributed by atoms with E-state index in [1.54, 1.807) is 13.3 Å². The van der Waals surface area contributed by atoms with Gasteiger partial charge in [-0.25, -0.2) is 4.98 Å². The van der Waals surface area contributed by atoms with Gasteiger partial charge in [0, 0.05) is 13.7 Å². The summed E-state index contributed by atoms with van der Waals surface area (Å²) in [4.78, 5) is 9.02. The highest BCUT2D eigenvalue weighted by Crippen LogP contribution is 2.18. The van der Waals surface area contributed by atoms with E-state index in [1.165, 1.54) is 0 Å². The first-order chi connectivity index (χ1) is 9.35. The molecule has 0 aliphatic heterocycles. The van der Waals surface area contributed by atoms with Crippen molar-refractivity contribution in [2.24, 2.45) is 5.84 Å². The molecule has 1 aromatic heterocycles. The largest absolute Gasteiger partial charge is 0.385 e. The van der Waals surface area contributed by atoms with E-state index in [-0.39, 0.29) is 6.04 Å². The van der Waals surface area contributed by atoms with E-state index in [4.69, 9.17) is 10.6 Å². The number of nitrogens with two attached hydrogens (primary N) is 1. The zero-order chi connectivity index (χ0) is 13.5. The summed E-state index contributed by atoms with van der Waals surface area (Å²) in [6.07, 6.45) is 4.78. The van der Waals surface area contributed by atoms with Gasteiger partial charge >= 0.3 is 0 Å². The minimum atomic E-state index is 0.0361. The molecule has 5 nitrogen and oxygen atoms in total. The van der Waals surface area contributed by atoms with E-state index in [9.17, 15) is 0 Å². The molecule has 0 spiro atoms. The molecule has 0 radical (unpaired) electrons. The van der Waals surface area contributed by atoms with Gasteiger partial charge in [0.25, 0.3) is 0 Å². The molecule has 3 N–H and O–H groups in total. The molecule has 1 aromatic carbocycles. The standard InChI is InChI=1S/C14H20N4O/c1-19-9-5-4-8-13(18-15)14-10-16-11-6-2-3-7-12(11)17-14/h2-3,6-7,10,13,18H,4-5,8-9,15H2,1H3. The fourth-order valence-electron chi connectivity index (χ4n) is 2.05. The molecule has 5 heteroatoms. The van der Waals surface area contributed by atoms with Crippen LogP contribution in [-0.4, -0.2) is 23.7 Å². The van der Waals surface area contributed by atoms with Gasteiger partial charge in [0.2, 0.25) is 0 Å². The van der Waals surface area contributed by atoms with E-state index in [2.05, 4.69) is 15.4 Å². The third kappa shape index (κ3) is 3.70. The number of para-hydroxylation sites is 2. The topological polar surface area (TPSA) is 73.1 Å². The maximum absolute atomic E-state index is 5.61. The number of nitrogens with zero attached hydrogens (tertiary/aromatic N) is 2. The van der Waals surface area contributed by atoms with Gasteiger partial charge in [0.05, 0.1) is 29.0 Å². The van der Waals surface area contributed by atoms with Crippen LogP contribution in [0, 0.1) is 0 Å². The van der Waals surface area contributed by atoms with Crippen molar-refractivity contribution >= 4 is 11.0 Å². The number of ether oxygens (including phenoxy) is 1. The lowest BCUT2D eigenvalue weighted by molar-refractivity contribution is 0.190. The van der Waals surface area contributed by atoms with Crippen molar-refractivity contribution in [2.75, 3.05) is 13.7 Å². The molecule has 0 saturated carbocycles. The Balaban J connectivity index is 2.07. The predicted octanol–water partition coefficient (Wildman–Crippen LogP) is 1.95. The molecule has 0 amide bonds. The van der Waals surface area contributed by atoms with Crippen molar-refractivity contribution in [3.05, 3.63) is 36.2 Å². The predicted molar refractivity (Wildman–Crippen MR) is 75.3 cm³/mol. The van der Waals surface area contributed by atoms with E-state index in [0.717, 1.165) is 42.6 Å². The fourth-order valence-corrected chi connectivity index (χ4v) is 2.05. The van der Waals surface area contributed by atoms with Crippen molar-refractivity contribution in [1.29, 1.82) is 0 Å².